The van der Waals surface area contributed by atoms with Crippen LogP contribution in [0.5, 0.6) is 0 Å². The zero-order valence-corrected chi connectivity index (χ0v) is 15.4. The van der Waals surface area contributed by atoms with Crippen molar-refractivity contribution in [2.75, 3.05) is 19.0 Å². The van der Waals surface area contributed by atoms with Crippen LogP contribution in [-0.4, -0.2) is 44.8 Å². The van der Waals surface area contributed by atoms with Gasteiger partial charge in [-0.1, -0.05) is 0 Å². The minimum atomic E-state index is -0.169. The van der Waals surface area contributed by atoms with Crippen LogP contribution in [0.1, 0.15) is 42.8 Å². The number of oxazole rings is 1. The van der Waals surface area contributed by atoms with E-state index in [4.69, 9.17) is 9.15 Å². The maximum absolute atomic E-state index is 12.9. The maximum atomic E-state index is 12.9. The number of H-pyrrole nitrogens is 1. The lowest BCUT2D eigenvalue weighted by Crippen LogP contribution is -2.41. The Labute approximate surface area is 156 Å². The first-order valence-electron chi connectivity index (χ1n) is 8.99. The van der Waals surface area contributed by atoms with Gasteiger partial charge in [-0.3, -0.25) is 5.10 Å². The van der Waals surface area contributed by atoms with E-state index in [-0.39, 0.29) is 12.1 Å². The Kier molecular flexibility index (Phi) is 4.76. The molecule has 142 valence electrons. The molecule has 3 heterocycles. The smallest absolute Gasteiger partial charge is 0.322 e. The second kappa shape index (κ2) is 7.36. The first kappa shape index (κ1) is 17.5. The van der Waals surface area contributed by atoms with Crippen LogP contribution in [0.25, 0.3) is 11.1 Å². The highest BCUT2D eigenvalue weighted by Gasteiger charge is 2.31. The molecule has 0 saturated carbocycles. The molecule has 2 aromatic heterocycles. The number of aryl methyl sites for hydroxylation is 1. The molecule has 4 rings (SSSR count). The summed E-state index contributed by atoms with van der Waals surface area (Å²) in [6.07, 6.45) is 2.83. The van der Waals surface area contributed by atoms with Crippen molar-refractivity contribution in [3.8, 4) is 0 Å². The quantitative estimate of drug-likeness (QED) is 0.730. The van der Waals surface area contributed by atoms with Crippen LogP contribution >= 0.6 is 0 Å². The second-order valence-corrected chi connectivity index (χ2v) is 6.62. The van der Waals surface area contributed by atoms with E-state index in [1.807, 2.05) is 18.2 Å². The topological polar surface area (TPSA) is 109 Å². The molecule has 1 aromatic carbocycles. The molecule has 2 N–H and O–H groups in total. The third-order valence-corrected chi connectivity index (χ3v) is 4.64. The largest absolute Gasteiger partial charge is 0.441 e. The summed E-state index contributed by atoms with van der Waals surface area (Å²) in [5.74, 6) is 1.88. The van der Waals surface area contributed by atoms with Crippen molar-refractivity contribution in [1.29, 1.82) is 0 Å². The van der Waals surface area contributed by atoms with Crippen LogP contribution in [-0.2, 0) is 11.3 Å². The number of carbonyl (C=O) groups excluding carboxylic acids is 1. The normalized spacial score (nSPS) is 17.4. The van der Waals surface area contributed by atoms with Gasteiger partial charge >= 0.3 is 6.03 Å². The highest BCUT2D eigenvalue weighted by molar-refractivity contribution is 5.92. The third-order valence-electron chi connectivity index (χ3n) is 4.64. The first-order valence-corrected chi connectivity index (χ1v) is 8.99. The molecular weight excluding hydrogens is 348 g/mol. The number of amides is 2. The number of aromatic nitrogens is 4. The molecular formula is C18H22N6O3. The Morgan fingerprint density at radius 3 is 3.15 bits per heavy atom. The predicted octanol–water partition coefficient (Wildman–Crippen LogP) is 3.16. The number of aromatic amines is 1. The molecule has 1 aliphatic heterocycles. The van der Waals surface area contributed by atoms with E-state index in [1.165, 1.54) is 0 Å². The zero-order chi connectivity index (χ0) is 18.8. The number of hydrogen-bond donors (Lipinski definition) is 2. The maximum Gasteiger partial charge on any atom is 0.322 e. The number of urea groups is 1. The van der Waals surface area contributed by atoms with Crippen LogP contribution in [0.15, 0.2) is 22.6 Å². The lowest BCUT2D eigenvalue weighted by atomic mass is 10.0. The van der Waals surface area contributed by atoms with Gasteiger partial charge in [0.15, 0.2) is 23.1 Å². The van der Waals surface area contributed by atoms with Crippen molar-refractivity contribution in [2.24, 2.45) is 0 Å². The van der Waals surface area contributed by atoms with E-state index in [0.717, 1.165) is 24.8 Å². The number of hydrogen-bond acceptors (Lipinski definition) is 6. The molecule has 1 atom stereocenters. The molecule has 1 aliphatic rings. The van der Waals surface area contributed by atoms with Gasteiger partial charge in [0.25, 0.3) is 0 Å². The van der Waals surface area contributed by atoms with E-state index in [0.29, 0.717) is 42.0 Å². The average Bonchev–Trinajstić information content (AvgIpc) is 3.27. The number of piperidine rings is 1. The van der Waals surface area contributed by atoms with Gasteiger partial charge in [0.2, 0.25) is 0 Å². The summed E-state index contributed by atoms with van der Waals surface area (Å²) in [6.45, 7) is 2.82. The Morgan fingerprint density at radius 2 is 2.30 bits per heavy atom. The number of nitrogens with one attached hydrogen (secondary N) is 2. The molecule has 3 aromatic rings. The summed E-state index contributed by atoms with van der Waals surface area (Å²) in [7, 11) is 1.61. The highest BCUT2D eigenvalue weighted by Crippen LogP contribution is 2.30. The highest BCUT2D eigenvalue weighted by atomic mass is 16.5. The molecule has 0 radical (unpaired) electrons. The van der Waals surface area contributed by atoms with Gasteiger partial charge in [-0.25, -0.2) is 14.8 Å². The molecule has 27 heavy (non-hydrogen) atoms. The number of benzene rings is 1. The molecule has 1 unspecified atom stereocenters. The molecule has 0 spiro atoms. The number of likely N-dealkylation sites (tertiary alicyclic amines) is 1. The molecule has 0 aliphatic carbocycles. The van der Waals surface area contributed by atoms with Gasteiger partial charge in [0.05, 0.1) is 6.04 Å². The molecule has 1 fully saturated rings. The Balaban J connectivity index is 1.52. The fourth-order valence-corrected chi connectivity index (χ4v) is 3.42. The standard InChI is InChI=1S/C18H22N6O3/c1-11-19-13-9-12(6-7-15(13)27-11)20-18(25)24-8-4-3-5-14(24)17-21-16(10-26-2)22-23-17/h6-7,9,14H,3-5,8,10H2,1-2H3,(H,20,25)(H,21,22,23). The van der Waals surface area contributed by atoms with Crippen molar-refractivity contribution in [1.82, 2.24) is 25.1 Å². The van der Waals surface area contributed by atoms with Gasteiger partial charge < -0.3 is 19.4 Å². The van der Waals surface area contributed by atoms with E-state index in [1.54, 1.807) is 18.9 Å². The molecule has 0 bridgehead atoms. The zero-order valence-electron chi connectivity index (χ0n) is 15.4. The minimum Gasteiger partial charge on any atom is -0.441 e. The number of carbonyl (C=O) groups is 1. The van der Waals surface area contributed by atoms with Crippen molar-refractivity contribution in [3.63, 3.8) is 0 Å². The average molecular weight is 370 g/mol. The number of nitrogens with zero attached hydrogens (tertiary/aromatic N) is 4. The number of ether oxygens (including phenoxy) is 1. The van der Waals surface area contributed by atoms with Crippen molar-refractivity contribution < 1.29 is 13.9 Å². The van der Waals surface area contributed by atoms with Gasteiger partial charge in [-0.05, 0) is 37.5 Å². The number of fused-ring (bicyclic) bond motifs is 1. The summed E-state index contributed by atoms with van der Waals surface area (Å²) in [6, 6.07) is 5.11. The van der Waals surface area contributed by atoms with Gasteiger partial charge in [0.1, 0.15) is 12.1 Å². The summed E-state index contributed by atoms with van der Waals surface area (Å²) in [5, 5.41) is 10.1. The third kappa shape index (κ3) is 3.63. The monoisotopic (exact) mass is 370 g/mol. The van der Waals surface area contributed by atoms with Crippen LogP contribution in [0.2, 0.25) is 0 Å². The van der Waals surface area contributed by atoms with E-state index >= 15 is 0 Å². The number of methoxy groups -OCH3 is 1. The Hall–Kier alpha value is -2.94. The van der Waals surface area contributed by atoms with E-state index in [9.17, 15) is 4.79 Å². The SMILES string of the molecule is COCc1nc(C2CCCCN2C(=O)Nc2ccc3oc(C)nc3c2)n[nH]1. The van der Waals surface area contributed by atoms with Crippen LogP contribution < -0.4 is 5.32 Å². The number of rotatable bonds is 4. The van der Waals surface area contributed by atoms with Crippen molar-refractivity contribution in [3.05, 3.63) is 35.7 Å². The minimum absolute atomic E-state index is 0.154. The molecule has 9 nitrogen and oxygen atoms in total. The van der Waals surface area contributed by atoms with Crippen molar-refractivity contribution in [2.45, 2.75) is 38.8 Å². The first-order chi connectivity index (χ1) is 13.1. The Morgan fingerprint density at radius 1 is 1.41 bits per heavy atom. The van der Waals surface area contributed by atoms with Crippen LogP contribution in [0, 0.1) is 6.92 Å². The van der Waals surface area contributed by atoms with Crippen LogP contribution in [0.3, 0.4) is 0 Å². The summed E-state index contributed by atoms with van der Waals surface area (Å²) in [4.78, 5) is 23.5. The Bertz CT molecular complexity index is 950. The second-order valence-electron chi connectivity index (χ2n) is 6.62. The van der Waals surface area contributed by atoms with Crippen LogP contribution in [0.4, 0.5) is 10.5 Å². The van der Waals surface area contributed by atoms with E-state index in [2.05, 4.69) is 25.5 Å². The lowest BCUT2D eigenvalue weighted by Gasteiger charge is -2.34. The predicted molar refractivity (Wildman–Crippen MR) is 98.2 cm³/mol. The van der Waals surface area contributed by atoms with Gasteiger partial charge in [0, 0.05) is 26.3 Å². The summed E-state index contributed by atoms with van der Waals surface area (Å²) >= 11 is 0. The van der Waals surface area contributed by atoms with Gasteiger partial charge in [-0.2, -0.15) is 5.10 Å². The number of anilines is 1. The molecule has 1 saturated heterocycles. The fourth-order valence-electron chi connectivity index (χ4n) is 3.42. The van der Waals surface area contributed by atoms with E-state index < -0.39 is 0 Å². The lowest BCUT2D eigenvalue weighted by molar-refractivity contribution is 0.159. The summed E-state index contributed by atoms with van der Waals surface area (Å²) < 4.78 is 10.6. The molecule has 9 heteroatoms. The summed E-state index contributed by atoms with van der Waals surface area (Å²) in [5.41, 5.74) is 2.10. The van der Waals surface area contributed by atoms with Crippen molar-refractivity contribution >= 4 is 22.8 Å². The fraction of sp³-hybridized carbons (Fsp3) is 0.444. The molecule has 2 amide bonds. The van der Waals surface area contributed by atoms with Gasteiger partial charge in [-0.15, -0.1) is 0 Å².